The average Bonchev–Trinajstić information content (AvgIpc) is 3.50. The lowest BCUT2D eigenvalue weighted by Gasteiger charge is -2.34. The fourth-order valence-electron chi connectivity index (χ4n) is 6.45. The van der Waals surface area contributed by atoms with Gasteiger partial charge in [0.15, 0.2) is 5.79 Å². The molecule has 218 valence electrons. The van der Waals surface area contributed by atoms with Crippen LogP contribution in [0.1, 0.15) is 150 Å². The fraction of sp³-hybridized carbons (Fsp3) is 0.969. The summed E-state index contributed by atoms with van der Waals surface area (Å²) in [6.07, 6.45) is 20.5. The molecule has 37 heavy (non-hydrogen) atoms. The van der Waals surface area contributed by atoms with Crippen molar-refractivity contribution in [3.8, 4) is 0 Å². The summed E-state index contributed by atoms with van der Waals surface area (Å²) in [4.78, 5) is 12.0. The molecule has 0 radical (unpaired) electrons. The summed E-state index contributed by atoms with van der Waals surface area (Å²) in [6, 6.07) is 0. The van der Waals surface area contributed by atoms with Crippen LogP contribution in [0.5, 0.6) is 0 Å². The number of aliphatic hydroxyl groups is 1. The predicted octanol–water partition coefficient (Wildman–Crippen LogP) is 8.36. The second kappa shape index (κ2) is 17.8. The van der Waals surface area contributed by atoms with Gasteiger partial charge in [-0.2, -0.15) is 0 Å². The van der Waals surface area contributed by atoms with E-state index in [4.69, 9.17) is 14.2 Å². The van der Waals surface area contributed by atoms with Gasteiger partial charge in [0.2, 0.25) is 0 Å². The fourth-order valence-corrected chi connectivity index (χ4v) is 6.45. The highest BCUT2D eigenvalue weighted by molar-refractivity contribution is 5.69. The summed E-state index contributed by atoms with van der Waals surface area (Å²) in [5, 5.41) is 10.9. The van der Waals surface area contributed by atoms with Crippen molar-refractivity contribution in [2.75, 3.05) is 19.8 Å². The van der Waals surface area contributed by atoms with Crippen molar-refractivity contribution in [2.45, 2.75) is 162 Å². The normalized spacial score (nSPS) is 22.1. The van der Waals surface area contributed by atoms with Gasteiger partial charge in [0, 0.05) is 18.8 Å². The van der Waals surface area contributed by atoms with E-state index in [1.165, 1.54) is 44.9 Å². The number of hydrogen-bond acceptors (Lipinski definition) is 5. The minimum atomic E-state index is -0.381. The van der Waals surface area contributed by atoms with Gasteiger partial charge in [-0.3, -0.25) is 4.79 Å². The van der Waals surface area contributed by atoms with E-state index >= 15 is 0 Å². The van der Waals surface area contributed by atoms with Crippen LogP contribution in [0.2, 0.25) is 0 Å². The Bertz CT molecular complexity index is 598. The third-order valence-electron chi connectivity index (χ3n) is 9.07. The molecule has 2 aliphatic rings. The number of carbonyl (C=O) groups is 1. The molecule has 1 N–H and O–H groups in total. The first-order valence-corrected chi connectivity index (χ1v) is 16.0. The van der Waals surface area contributed by atoms with Gasteiger partial charge >= 0.3 is 5.97 Å². The molecule has 3 atom stereocenters. The van der Waals surface area contributed by atoms with Crippen molar-refractivity contribution in [1.29, 1.82) is 0 Å². The minimum Gasteiger partial charge on any atom is -0.466 e. The van der Waals surface area contributed by atoms with Crippen molar-refractivity contribution in [3.63, 3.8) is 0 Å². The Balaban J connectivity index is 1.65. The highest BCUT2D eigenvalue weighted by atomic mass is 16.7. The Morgan fingerprint density at radius 1 is 0.919 bits per heavy atom. The van der Waals surface area contributed by atoms with Crippen LogP contribution in [0.4, 0.5) is 0 Å². The largest absolute Gasteiger partial charge is 0.466 e. The average molecular weight is 525 g/mol. The van der Waals surface area contributed by atoms with Crippen LogP contribution in [0, 0.1) is 17.3 Å². The van der Waals surface area contributed by atoms with E-state index in [1.807, 2.05) is 0 Å². The van der Waals surface area contributed by atoms with Crippen molar-refractivity contribution in [1.82, 2.24) is 0 Å². The zero-order valence-electron chi connectivity index (χ0n) is 24.9. The number of esters is 1. The zero-order valence-corrected chi connectivity index (χ0v) is 24.9. The smallest absolute Gasteiger partial charge is 0.305 e. The molecule has 0 aromatic heterocycles. The lowest BCUT2D eigenvalue weighted by Crippen LogP contribution is -2.37. The highest BCUT2D eigenvalue weighted by Gasteiger charge is 2.52. The van der Waals surface area contributed by atoms with Crippen LogP contribution in [0.15, 0.2) is 0 Å². The number of aliphatic hydroxyl groups excluding tert-OH is 1. The summed E-state index contributed by atoms with van der Waals surface area (Å²) in [7, 11) is 0. The molecular weight excluding hydrogens is 464 g/mol. The van der Waals surface area contributed by atoms with E-state index in [2.05, 4.69) is 27.7 Å². The first-order valence-electron chi connectivity index (χ1n) is 16.0. The Morgan fingerprint density at radius 3 is 2.30 bits per heavy atom. The lowest BCUT2D eigenvalue weighted by molar-refractivity contribution is -0.188. The molecule has 2 fully saturated rings. The van der Waals surface area contributed by atoms with E-state index in [0.717, 1.165) is 70.6 Å². The van der Waals surface area contributed by atoms with E-state index in [-0.39, 0.29) is 23.3 Å². The Kier molecular flexibility index (Phi) is 15.7. The maximum atomic E-state index is 12.0. The van der Waals surface area contributed by atoms with Gasteiger partial charge < -0.3 is 19.3 Å². The van der Waals surface area contributed by atoms with Gasteiger partial charge in [-0.25, -0.2) is 0 Å². The molecule has 0 bridgehead atoms. The van der Waals surface area contributed by atoms with Crippen molar-refractivity contribution in [3.05, 3.63) is 0 Å². The molecule has 5 heteroatoms. The van der Waals surface area contributed by atoms with Crippen LogP contribution in [-0.4, -0.2) is 42.8 Å². The van der Waals surface area contributed by atoms with Crippen LogP contribution in [0.25, 0.3) is 0 Å². The quantitative estimate of drug-likeness (QED) is 0.121. The van der Waals surface area contributed by atoms with Crippen LogP contribution in [0.3, 0.4) is 0 Å². The van der Waals surface area contributed by atoms with Crippen LogP contribution < -0.4 is 0 Å². The maximum absolute atomic E-state index is 12.0. The van der Waals surface area contributed by atoms with E-state index in [1.54, 1.807) is 0 Å². The Morgan fingerprint density at radius 2 is 1.57 bits per heavy atom. The van der Waals surface area contributed by atoms with Gasteiger partial charge in [-0.1, -0.05) is 91.9 Å². The summed E-state index contributed by atoms with van der Waals surface area (Å²) in [5.41, 5.74) is -0.0159. The highest BCUT2D eigenvalue weighted by Crippen LogP contribution is 2.50. The van der Waals surface area contributed by atoms with Crippen molar-refractivity contribution in [2.24, 2.45) is 17.3 Å². The van der Waals surface area contributed by atoms with Gasteiger partial charge in [-0.05, 0) is 56.3 Å². The number of ether oxygens (including phenoxy) is 3. The third kappa shape index (κ3) is 11.5. The molecule has 0 aromatic rings. The molecule has 0 amide bonds. The Labute approximate surface area is 228 Å². The molecular formula is C32H60O5. The van der Waals surface area contributed by atoms with E-state index in [9.17, 15) is 9.90 Å². The molecule has 5 nitrogen and oxygen atoms in total. The van der Waals surface area contributed by atoms with Crippen molar-refractivity contribution < 1.29 is 24.1 Å². The second-order valence-corrected chi connectivity index (χ2v) is 12.5. The summed E-state index contributed by atoms with van der Waals surface area (Å²) < 4.78 is 17.8. The zero-order chi connectivity index (χ0) is 27.0. The molecule has 0 aromatic carbocycles. The SMILES string of the molecule is CCCCCCCCOC(=O)CCCCCC[C@@H]1[C@@H](CC[C@H](O)C(C)(C)CCCC)CCC12OCCO2. The molecule has 1 saturated heterocycles. The Hall–Kier alpha value is -0.650. The van der Waals surface area contributed by atoms with Crippen LogP contribution >= 0.6 is 0 Å². The summed E-state index contributed by atoms with van der Waals surface area (Å²) >= 11 is 0. The minimum absolute atomic E-state index is 0.0159. The lowest BCUT2D eigenvalue weighted by atomic mass is 9.77. The predicted molar refractivity (Wildman–Crippen MR) is 151 cm³/mol. The van der Waals surface area contributed by atoms with Gasteiger partial charge in [0.05, 0.1) is 25.9 Å². The van der Waals surface area contributed by atoms with Crippen molar-refractivity contribution >= 4 is 5.97 Å². The maximum Gasteiger partial charge on any atom is 0.305 e. The number of unbranched alkanes of at least 4 members (excludes halogenated alkanes) is 9. The van der Waals surface area contributed by atoms with Gasteiger partial charge in [0.1, 0.15) is 0 Å². The standard InChI is InChI=1S/C32H60O5/c1-5-7-9-10-13-16-24-35-30(34)18-15-12-11-14-17-28-27(21-23-32(28)36-25-26-37-32)19-20-29(33)31(3,4)22-8-6-2/h27-29,33H,5-26H2,1-4H3/t27-,28+,29-/m0/s1. The molecule has 2 rings (SSSR count). The third-order valence-corrected chi connectivity index (χ3v) is 9.07. The van der Waals surface area contributed by atoms with E-state index in [0.29, 0.717) is 38.1 Å². The number of hydrogen-bond donors (Lipinski definition) is 1. The topological polar surface area (TPSA) is 65.0 Å². The summed E-state index contributed by atoms with van der Waals surface area (Å²) in [5.74, 6) is 0.569. The molecule has 1 heterocycles. The molecule has 1 aliphatic carbocycles. The molecule has 1 aliphatic heterocycles. The molecule has 1 saturated carbocycles. The second-order valence-electron chi connectivity index (χ2n) is 12.5. The van der Waals surface area contributed by atoms with Gasteiger partial charge in [-0.15, -0.1) is 0 Å². The molecule has 0 unspecified atom stereocenters. The number of carbonyl (C=O) groups excluding carboxylic acids is 1. The van der Waals surface area contributed by atoms with E-state index < -0.39 is 0 Å². The first-order chi connectivity index (χ1) is 17.8. The van der Waals surface area contributed by atoms with Crippen LogP contribution in [-0.2, 0) is 19.0 Å². The first kappa shape index (κ1) is 32.6. The van der Waals surface area contributed by atoms with Gasteiger partial charge in [0.25, 0.3) is 0 Å². The summed E-state index contributed by atoms with van der Waals surface area (Å²) in [6.45, 7) is 10.9. The molecule has 1 spiro atoms. The monoisotopic (exact) mass is 524 g/mol. The number of rotatable bonds is 21.